The van der Waals surface area contributed by atoms with Gasteiger partial charge in [-0.05, 0) is 38.3 Å². The predicted molar refractivity (Wildman–Crippen MR) is 74.7 cm³/mol. The molecule has 6 heteroatoms. The molecule has 0 radical (unpaired) electrons. The first-order chi connectivity index (χ1) is 8.60. The van der Waals surface area contributed by atoms with Gasteiger partial charge in [0, 0.05) is 19.6 Å². The summed E-state index contributed by atoms with van der Waals surface area (Å²) in [6.07, 6.45) is 3.83. The van der Waals surface area contributed by atoms with Gasteiger partial charge in [0.15, 0.2) is 0 Å². The van der Waals surface area contributed by atoms with Crippen molar-refractivity contribution in [3.63, 3.8) is 0 Å². The van der Waals surface area contributed by atoms with Gasteiger partial charge in [-0.25, -0.2) is 4.72 Å². The highest BCUT2D eigenvalue weighted by molar-refractivity contribution is 7.87. The Morgan fingerprint density at radius 3 is 2.44 bits per heavy atom. The minimum Gasteiger partial charge on any atom is -0.317 e. The van der Waals surface area contributed by atoms with E-state index in [9.17, 15) is 8.42 Å². The van der Waals surface area contributed by atoms with Crippen molar-refractivity contribution in [1.82, 2.24) is 14.3 Å². The lowest BCUT2D eigenvalue weighted by Crippen LogP contribution is -2.46. The van der Waals surface area contributed by atoms with E-state index in [-0.39, 0.29) is 0 Å². The van der Waals surface area contributed by atoms with Gasteiger partial charge in [-0.2, -0.15) is 12.7 Å². The second kappa shape index (κ2) is 8.09. The van der Waals surface area contributed by atoms with Gasteiger partial charge in [-0.1, -0.05) is 20.3 Å². The molecule has 1 rings (SSSR count). The average Bonchev–Trinajstić information content (AvgIpc) is 2.37. The molecule has 0 spiro atoms. The first-order valence-corrected chi connectivity index (χ1v) is 8.49. The van der Waals surface area contributed by atoms with E-state index < -0.39 is 10.2 Å². The van der Waals surface area contributed by atoms with Crippen LogP contribution in [0.3, 0.4) is 0 Å². The first kappa shape index (κ1) is 15.9. The van der Waals surface area contributed by atoms with E-state index >= 15 is 0 Å². The van der Waals surface area contributed by atoms with Crippen molar-refractivity contribution in [2.75, 3.05) is 32.7 Å². The van der Waals surface area contributed by atoms with Crippen molar-refractivity contribution in [3.05, 3.63) is 0 Å². The predicted octanol–water partition coefficient (Wildman–Crippen LogP) is 0.942. The summed E-state index contributed by atoms with van der Waals surface area (Å²) < 4.78 is 28.2. The van der Waals surface area contributed by atoms with Crippen molar-refractivity contribution in [3.8, 4) is 0 Å². The second-order valence-electron chi connectivity index (χ2n) is 4.90. The Morgan fingerprint density at radius 1 is 1.22 bits per heavy atom. The van der Waals surface area contributed by atoms with Crippen LogP contribution < -0.4 is 10.0 Å². The molecule has 0 aromatic heterocycles. The Balaban J connectivity index is 2.32. The quantitative estimate of drug-likeness (QED) is 0.649. The maximum atomic E-state index is 12.0. The van der Waals surface area contributed by atoms with Gasteiger partial charge in [0.05, 0.1) is 0 Å². The zero-order chi connectivity index (χ0) is 13.4. The molecule has 108 valence electrons. The Bertz CT molecular complexity index is 311. The highest BCUT2D eigenvalue weighted by Gasteiger charge is 2.27. The van der Waals surface area contributed by atoms with Crippen LogP contribution in [0.25, 0.3) is 0 Å². The van der Waals surface area contributed by atoms with E-state index in [2.05, 4.69) is 23.9 Å². The van der Waals surface area contributed by atoms with Gasteiger partial charge < -0.3 is 5.32 Å². The molecule has 5 nitrogen and oxygen atoms in total. The van der Waals surface area contributed by atoms with Crippen LogP contribution in [0.2, 0.25) is 0 Å². The van der Waals surface area contributed by atoms with E-state index in [1.807, 2.05) is 0 Å². The van der Waals surface area contributed by atoms with Crippen molar-refractivity contribution < 1.29 is 8.42 Å². The van der Waals surface area contributed by atoms with Gasteiger partial charge in [-0.15, -0.1) is 0 Å². The average molecular weight is 277 g/mol. The van der Waals surface area contributed by atoms with E-state index in [1.165, 1.54) is 0 Å². The minimum absolute atomic E-state index is 0.552. The zero-order valence-electron chi connectivity index (χ0n) is 11.6. The van der Waals surface area contributed by atoms with E-state index in [0.29, 0.717) is 25.6 Å². The summed E-state index contributed by atoms with van der Waals surface area (Å²) in [6, 6.07) is 0. The van der Waals surface area contributed by atoms with Crippen LogP contribution in [0, 0.1) is 5.92 Å². The number of nitrogens with one attached hydrogen (secondary N) is 2. The standard InChI is InChI=1S/C12H27N3O2S/c1-3-5-8-14-18(16,17)15-9-6-12(7-10-15)11-13-4-2/h12-14H,3-11H2,1-2H3. The lowest BCUT2D eigenvalue weighted by molar-refractivity contribution is 0.266. The number of nitrogens with zero attached hydrogens (tertiary/aromatic N) is 1. The summed E-state index contributed by atoms with van der Waals surface area (Å²) in [6.45, 7) is 7.99. The van der Waals surface area contributed by atoms with Crippen molar-refractivity contribution in [2.24, 2.45) is 5.92 Å². The molecule has 1 saturated heterocycles. The SMILES string of the molecule is CCCCNS(=O)(=O)N1CCC(CNCC)CC1. The Labute approximate surface area is 112 Å². The number of hydrogen-bond donors (Lipinski definition) is 2. The summed E-state index contributed by atoms with van der Waals surface area (Å²) in [4.78, 5) is 0. The van der Waals surface area contributed by atoms with Crippen LogP contribution in [-0.2, 0) is 10.2 Å². The van der Waals surface area contributed by atoms with Crippen molar-refractivity contribution in [1.29, 1.82) is 0 Å². The minimum atomic E-state index is -3.24. The molecule has 0 saturated carbocycles. The maximum absolute atomic E-state index is 12.0. The molecule has 0 aliphatic carbocycles. The van der Waals surface area contributed by atoms with Crippen LogP contribution in [0.1, 0.15) is 39.5 Å². The van der Waals surface area contributed by atoms with Gasteiger partial charge >= 0.3 is 0 Å². The number of hydrogen-bond acceptors (Lipinski definition) is 3. The van der Waals surface area contributed by atoms with Crippen LogP contribution >= 0.6 is 0 Å². The van der Waals surface area contributed by atoms with E-state index in [1.54, 1.807) is 4.31 Å². The van der Waals surface area contributed by atoms with Crippen LogP contribution in [-0.4, -0.2) is 45.4 Å². The highest BCUT2D eigenvalue weighted by atomic mass is 32.2. The lowest BCUT2D eigenvalue weighted by atomic mass is 9.98. The normalized spacial score (nSPS) is 19.2. The second-order valence-corrected chi connectivity index (χ2v) is 6.66. The zero-order valence-corrected chi connectivity index (χ0v) is 12.4. The molecular weight excluding hydrogens is 250 g/mol. The topological polar surface area (TPSA) is 61.4 Å². The van der Waals surface area contributed by atoms with Gasteiger partial charge in [-0.3, -0.25) is 0 Å². The lowest BCUT2D eigenvalue weighted by Gasteiger charge is -2.31. The smallest absolute Gasteiger partial charge is 0.279 e. The van der Waals surface area contributed by atoms with Crippen LogP contribution in [0.15, 0.2) is 0 Å². The van der Waals surface area contributed by atoms with Crippen molar-refractivity contribution in [2.45, 2.75) is 39.5 Å². The third-order valence-electron chi connectivity index (χ3n) is 3.41. The number of unbranched alkanes of at least 4 members (excludes halogenated alkanes) is 1. The van der Waals surface area contributed by atoms with Gasteiger partial charge in [0.2, 0.25) is 0 Å². The molecule has 0 bridgehead atoms. The Hall–Kier alpha value is -0.170. The van der Waals surface area contributed by atoms with Crippen LogP contribution in [0.4, 0.5) is 0 Å². The molecule has 0 amide bonds. The fraction of sp³-hybridized carbons (Fsp3) is 1.00. The summed E-state index contributed by atoms with van der Waals surface area (Å²) in [7, 11) is -3.24. The van der Waals surface area contributed by atoms with Gasteiger partial charge in [0.1, 0.15) is 0 Å². The maximum Gasteiger partial charge on any atom is 0.279 e. The molecule has 0 aromatic carbocycles. The molecule has 1 heterocycles. The molecule has 18 heavy (non-hydrogen) atoms. The first-order valence-electron chi connectivity index (χ1n) is 7.05. The Kier molecular flexibility index (Phi) is 7.14. The van der Waals surface area contributed by atoms with E-state index in [0.717, 1.165) is 38.8 Å². The summed E-state index contributed by atoms with van der Waals surface area (Å²) in [5.74, 6) is 0.618. The Morgan fingerprint density at radius 2 is 1.89 bits per heavy atom. The number of piperidine rings is 1. The van der Waals surface area contributed by atoms with Crippen LogP contribution in [0.5, 0.6) is 0 Å². The molecule has 1 fully saturated rings. The summed E-state index contributed by atoms with van der Waals surface area (Å²) in [5.41, 5.74) is 0. The molecule has 2 N–H and O–H groups in total. The highest BCUT2D eigenvalue weighted by Crippen LogP contribution is 2.18. The largest absolute Gasteiger partial charge is 0.317 e. The molecule has 1 aliphatic rings. The fourth-order valence-electron chi connectivity index (χ4n) is 2.17. The fourth-order valence-corrected chi connectivity index (χ4v) is 3.45. The third kappa shape index (κ3) is 5.22. The summed E-state index contributed by atoms with van der Waals surface area (Å²) >= 11 is 0. The third-order valence-corrected chi connectivity index (χ3v) is 5.03. The van der Waals surface area contributed by atoms with Gasteiger partial charge in [0.25, 0.3) is 10.2 Å². The summed E-state index contributed by atoms with van der Waals surface area (Å²) in [5, 5.41) is 3.33. The monoisotopic (exact) mass is 277 g/mol. The number of rotatable bonds is 8. The molecule has 0 unspecified atom stereocenters. The molecule has 1 aliphatic heterocycles. The van der Waals surface area contributed by atoms with E-state index in [4.69, 9.17) is 0 Å². The molecular formula is C12H27N3O2S. The molecule has 0 aromatic rings. The molecule has 0 atom stereocenters. The van der Waals surface area contributed by atoms with Crippen molar-refractivity contribution >= 4 is 10.2 Å².